The Morgan fingerprint density at radius 1 is 1.60 bits per heavy atom. The fourth-order valence-electron chi connectivity index (χ4n) is 0.451. The number of aliphatic hydroxyl groups excluding tert-OH is 1. The van der Waals surface area contributed by atoms with Gasteiger partial charge < -0.3 is 5.11 Å². The smallest absolute Gasteiger partial charge is 0.223 e. The van der Waals surface area contributed by atoms with Crippen molar-refractivity contribution < 1.29 is 19.5 Å². The molecule has 0 saturated heterocycles. The summed E-state index contributed by atoms with van der Waals surface area (Å²) in [5.74, 6) is -1.27. The summed E-state index contributed by atoms with van der Waals surface area (Å²) >= 11 is 0. The molecule has 1 N–H and O–H groups in total. The predicted octanol–water partition coefficient (Wildman–Crippen LogP) is -0.906. The van der Waals surface area contributed by atoms with Crippen LogP contribution in [-0.4, -0.2) is 29.1 Å². The number of aliphatic hydroxyl groups is 1. The zero-order chi connectivity index (χ0) is 8.15. The first kappa shape index (κ1) is 8.97. The van der Waals surface area contributed by atoms with Crippen molar-refractivity contribution in [2.75, 3.05) is 0 Å². The molecule has 4 nitrogen and oxygen atoms in total. The Labute approximate surface area is 57.8 Å². The van der Waals surface area contributed by atoms with E-state index >= 15 is 0 Å². The Balaban J connectivity index is 3.84. The molecule has 0 aliphatic heterocycles. The number of rotatable bonds is 4. The van der Waals surface area contributed by atoms with E-state index in [4.69, 9.17) is 5.11 Å². The first-order valence-corrected chi connectivity index (χ1v) is 2.74. The highest BCUT2D eigenvalue weighted by atomic mass is 16.3. The number of hydrogen-bond donors (Lipinski definition) is 1. The van der Waals surface area contributed by atoms with Crippen LogP contribution in [0.25, 0.3) is 0 Å². The quantitative estimate of drug-likeness (QED) is 0.409. The van der Waals surface area contributed by atoms with Gasteiger partial charge in [-0.05, 0) is 6.92 Å². The molecule has 10 heavy (non-hydrogen) atoms. The maximum absolute atomic E-state index is 10.3. The average Bonchev–Trinajstić information content (AvgIpc) is 1.85. The van der Waals surface area contributed by atoms with E-state index in [1.54, 1.807) is 0 Å². The fourth-order valence-corrected chi connectivity index (χ4v) is 0.451. The van der Waals surface area contributed by atoms with Crippen LogP contribution in [0.1, 0.15) is 13.3 Å². The number of carbonyl (C=O) groups excluding carboxylic acids is 3. The molecule has 0 rings (SSSR count). The molecule has 0 aromatic carbocycles. The highest BCUT2D eigenvalue weighted by Gasteiger charge is 2.14. The monoisotopic (exact) mass is 144 g/mol. The van der Waals surface area contributed by atoms with Gasteiger partial charge in [0, 0.05) is 6.42 Å². The van der Waals surface area contributed by atoms with Gasteiger partial charge in [-0.1, -0.05) is 0 Å². The van der Waals surface area contributed by atoms with Crippen molar-refractivity contribution in [1.82, 2.24) is 0 Å². The second-order valence-electron chi connectivity index (χ2n) is 1.94. The lowest BCUT2D eigenvalue weighted by Gasteiger charge is -1.99. The first-order chi connectivity index (χ1) is 4.57. The molecule has 4 heteroatoms. The second kappa shape index (κ2) is 3.90. The van der Waals surface area contributed by atoms with Crippen LogP contribution in [0.3, 0.4) is 0 Å². The molecule has 0 fully saturated rings. The third-order valence-electron chi connectivity index (χ3n) is 0.925. The van der Waals surface area contributed by atoms with Crippen LogP contribution < -0.4 is 0 Å². The molecule has 0 aromatic rings. The highest BCUT2D eigenvalue weighted by Crippen LogP contribution is 1.91. The number of carbonyl (C=O) groups is 3. The van der Waals surface area contributed by atoms with Crippen molar-refractivity contribution in [2.24, 2.45) is 0 Å². The largest absolute Gasteiger partial charge is 0.384 e. The van der Waals surface area contributed by atoms with E-state index in [0.717, 1.165) is 0 Å². The van der Waals surface area contributed by atoms with Crippen LogP contribution in [0.4, 0.5) is 0 Å². The van der Waals surface area contributed by atoms with Crippen LogP contribution in [0, 0.1) is 0 Å². The summed E-state index contributed by atoms with van der Waals surface area (Å²) in [5, 5.41) is 8.69. The SMILES string of the molecule is CC(=O)CC(O)C(=O)C=O. The number of hydrogen-bond acceptors (Lipinski definition) is 4. The van der Waals surface area contributed by atoms with Crippen molar-refractivity contribution in [1.29, 1.82) is 0 Å². The van der Waals surface area contributed by atoms with E-state index in [9.17, 15) is 14.4 Å². The summed E-state index contributed by atoms with van der Waals surface area (Å²) in [6, 6.07) is 0. The third kappa shape index (κ3) is 3.09. The van der Waals surface area contributed by atoms with Gasteiger partial charge in [0.25, 0.3) is 0 Å². The number of Topliss-reactive ketones (excluding diaryl/α,β-unsaturated/α-hetero) is 2. The average molecular weight is 144 g/mol. The van der Waals surface area contributed by atoms with Crippen LogP contribution in [0.2, 0.25) is 0 Å². The van der Waals surface area contributed by atoms with Gasteiger partial charge in [0.2, 0.25) is 5.78 Å². The normalized spacial score (nSPS) is 12.2. The standard InChI is InChI=1S/C6H8O4/c1-4(8)2-5(9)6(10)3-7/h3,5,9H,2H2,1H3. The Morgan fingerprint density at radius 3 is 2.40 bits per heavy atom. The van der Waals surface area contributed by atoms with E-state index < -0.39 is 11.9 Å². The molecule has 0 aromatic heterocycles. The zero-order valence-electron chi connectivity index (χ0n) is 5.53. The summed E-state index contributed by atoms with van der Waals surface area (Å²) < 4.78 is 0. The maximum Gasteiger partial charge on any atom is 0.223 e. The van der Waals surface area contributed by atoms with Gasteiger partial charge in [-0.3, -0.25) is 14.4 Å². The molecule has 0 spiro atoms. The van der Waals surface area contributed by atoms with Gasteiger partial charge in [-0.2, -0.15) is 0 Å². The minimum atomic E-state index is -1.45. The van der Waals surface area contributed by atoms with Crippen molar-refractivity contribution in [2.45, 2.75) is 19.4 Å². The highest BCUT2D eigenvalue weighted by molar-refractivity contribution is 6.27. The van der Waals surface area contributed by atoms with Crippen LogP contribution >= 0.6 is 0 Å². The van der Waals surface area contributed by atoms with Gasteiger partial charge in [0.1, 0.15) is 11.9 Å². The summed E-state index contributed by atoms with van der Waals surface area (Å²) in [6.45, 7) is 1.24. The van der Waals surface area contributed by atoms with Crippen molar-refractivity contribution in [3.63, 3.8) is 0 Å². The van der Waals surface area contributed by atoms with Crippen LogP contribution in [0.5, 0.6) is 0 Å². The molecule has 56 valence electrons. The lowest BCUT2D eigenvalue weighted by Crippen LogP contribution is -2.23. The predicted molar refractivity (Wildman–Crippen MR) is 32.4 cm³/mol. The molecule has 0 aliphatic rings. The van der Waals surface area contributed by atoms with Crippen molar-refractivity contribution >= 4 is 17.9 Å². The third-order valence-corrected chi connectivity index (χ3v) is 0.925. The van der Waals surface area contributed by atoms with Crippen molar-refractivity contribution in [3.8, 4) is 0 Å². The summed E-state index contributed by atoms with van der Waals surface area (Å²) in [4.78, 5) is 30.2. The van der Waals surface area contributed by atoms with Gasteiger partial charge in [-0.25, -0.2) is 0 Å². The van der Waals surface area contributed by atoms with E-state index in [0.29, 0.717) is 0 Å². The second-order valence-corrected chi connectivity index (χ2v) is 1.94. The molecule has 0 radical (unpaired) electrons. The molecule has 1 unspecified atom stereocenters. The molecule has 0 heterocycles. The van der Waals surface area contributed by atoms with Gasteiger partial charge in [0.15, 0.2) is 6.29 Å². The molecule has 0 amide bonds. The Kier molecular flexibility index (Phi) is 3.49. The minimum Gasteiger partial charge on any atom is -0.384 e. The summed E-state index contributed by atoms with van der Waals surface area (Å²) in [5.41, 5.74) is 0. The van der Waals surface area contributed by atoms with Gasteiger partial charge in [0.05, 0.1) is 0 Å². The van der Waals surface area contributed by atoms with Crippen molar-refractivity contribution in [3.05, 3.63) is 0 Å². The van der Waals surface area contributed by atoms with E-state index in [1.807, 2.05) is 0 Å². The topological polar surface area (TPSA) is 71.4 Å². The first-order valence-electron chi connectivity index (χ1n) is 2.74. The minimum absolute atomic E-state index is 0.00755. The molecule has 0 bridgehead atoms. The summed E-state index contributed by atoms with van der Waals surface area (Å²) in [7, 11) is 0. The molecule has 0 saturated carbocycles. The van der Waals surface area contributed by atoms with Crippen LogP contribution in [-0.2, 0) is 14.4 Å². The molecular weight excluding hydrogens is 136 g/mol. The van der Waals surface area contributed by atoms with E-state index in [-0.39, 0.29) is 18.5 Å². The fraction of sp³-hybridized carbons (Fsp3) is 0.500. The zero-order valence-corrected chi connectivity index (χ0v) is 5.53. The maximum atomic E-state index is 10.3. The summed E-state index contributed by atoms with van der Waals surface area (Å²) in [6.07, 6.45) is -1.72. The Hall–Kier alpha value is -1.03. The Bertz CT molecular complexity index is 161. The van der Waals surface area contributed by atoms with Crippen LogP contribution in [0.15, 0.2) is 0 Å². The number of ketones is 2. The molecular formula is C6H8O4. The lowest BCUT2D eigenvalue weighted by molar-refractivity contribution is -0.137. The van der Waals surface area contributed by atoms with E-state index in [1.165, 1.54) is 6.92 Å². The van der Waals surface area contributed by atoms with Gasteiger partial charge in [-0.15, -0.1) is 0 Å². The Morgan fingerprint density at radius 2 is 2.10 bits per heavy atom. The number of aldehydes is 1. The van der Waals surface area contributed by atoms with Gasteiger partial charge >= 0.3 is 0 Å². The lowest BCUT2D eigenvalue weighted by atomic mass is 10.1. The molecule has 0 aliphatic carbocycles. The van der Waals surface area contributed by atoms with E-state index in [2.05, 4.69) is 0 Å². The molecule has 1 atom stereocenters.